The maximum Gasteiger partial charge on any atom is 0.224 e. The van der Waals surface area contributed by atoms with Crippen molar-refractivity contribution in [2.75, 3.05) is 57.3 Å². The minimum absolute atomic E-state index is 0.527. The highest BCUT2D eigenvalue weighted by atomic mass is 35.5. The number of halogens is 1. The third-order valence-electron chi connectivity index (χ3n) is 2.69. The van der Waals surface area contributed by atoms with Crippen molar-refractivity contribution in [2.24, 2.45) is 0 Å². The molecule has 0 fully saturated rings. The van der Waals surface area contributed by atoms with Gasteiger partial charge in [0.05, 0.1) is 19.4 Å². The van der Waals surface area contributed by atoms with E-state index in [1.807, 2.05) is 4.90 Å². The van der Waals surface area contributed by atoms with Gasteiger partial charge in [0.15, 0.2) is 5.82 Å². The average molecular weight is 303 g/mol. The van der Waals surface area contributed by atoms with Crippen molar-refractivity contribution in [2.45, 2.75) is 13.3 Å². The Morgan fingerprint density at radius 2 is 1.90 bits per heavy atom. The lowest BCUT2D eigenvalue weighted by atomic mass is 10.4. The maximum atomic E-state index is 6.21. The minimum atomic E-state index is 0.527. The normalized spacial score (nSPS) is 10.6. The van der Waals surface area contributed by atoms with E-state index in [1.54, 1.807) is 20.4 Å². The summed E-state index contributed by atoms with van der Waals surface area (Å²) in [6, 6.07) is 0. The van der Waals surface area contributed by atoms with Crippen LogP contribution in [-0.2, 0) is 9.47 Å². The number of methoxy groups -OCH3 is 2. The number of hydrogen-bond acceptors (Lipinski definition) is 6. The first kappa shape index (κ1) is 16.9. The van der Waals surface area contributed by atoms with Crippen LogP contribution in [0.3, 0.4) is 0 Å². The number of nitrogens with zero attached hydrogens (tertiary/aromatic N) is 3. The number of nitrogens with one attached hydrogen (secondary N) is 1. The Morgan fingerprint density at radius 3 is 2.45 bits per heavy atom. The average Bonchev–Trinajstić information content (AvgIpc) is 2.47. The summed E-state index contributed by atoms with van der Waals surface area (Å²) in [4.78, 5) is 10.7. The molecule has 0 radical (unpaired) electrons. The zero-order valence-corrected chi connectivity index (χ0v) is 13.1. The van der Waals surface area contributed by atoms with E-state index in [-0.39, 0.29) is 0 Å². The molecule has 1 rings (SSSR count). The Labute approximate surface area is 125 Å². The van der Waals surface area contributed by atoms with Crippen molar-refractivity contribution in [1.29, 1.82) is 0 Å². The molecule has 0 atom stereocenters. The highest BCUT2D eigenvalue weighted by molar-refractivity contribution is 6.32. The van der Waals surface area contributed by atoms with Crippen molar-refractivity contribution in [3.8, 4) is 0 Å². The fraction of sp³-hybridized carbons (Fsp3) is 0.692. The van der Waals surface area contributed by atoms with Crippen molar-refractivity contribution >= 4 is 23.4 Å². The number of ether oxygens (including phenoxy) is 2. The standard InChI is InChI=1S/C13H23ClN4O2/c1-4-5-15-13-16-10-11(14)12(17-13)18(6-8-19-2)7-9-20-3/h10H,4-9H2,1-3H3,(H,15,16,17). The largest absolute Gasteiger partial charge is 0.383 e. The molecule has 114 valence electrons. The summed E-state index contributed by atoms with van der Waals surface area (Å²) in [7, 11) is 3.34. The van der Waals surface area contributed by atoms with Crippen LogP contribution in [0.25, 0.3) is 0 Å². The fourth-order valence-corrected chi connectivity index (χ4v) is 1.84. The van der Waals surface area contributed by atoms with Gasteiger partial charge in [0.1, 0.15) is 5.02 Å². The molecule has 1 aromatic heterocycles. The smallest absolute Gasteiger partial charge is 0.224 e. The van der Waals surface area contributed by atoms with Gasteiger partial charge in [0.2, 0.25) is 5.95 Å². The second kappa shape index (κ2) is 9.74. The van der Waals surface area contributed by atoms with Gasteiger partial charge in [0.25, 0.3) is 0 Å². The van der Waals surface area contributed by atoms with Crippen LogP contribution in [0.4, 0.5) is 11.8 Å². The van der Waals surface area contributed by atoms with Gasteiger partial charge in [-0.15, -0.1) is 0 Å². The third-order valence-corrected chi connectivity index (χ3v) is 2.96. The molecular formula is C13H23ClN4O2. The summed E-state index contributed by atoms with van der Waals surface area (Å²) in [6.07, 6.45) is 2.63. The molecule has 1 heterocycles. The summed E-state index contributed by atoms with van der Waals surface area (Å²) in [5, 5.41) is 3.69. The molecule has 0 spiro atoms. The molecule has 0 amide bonds. The summed E-state index contributed by atoms with van der Waals surface area (Å²) in [6.45, 7) is 5.52. The second-order valence-electron chi connectivity index (χ2n) is 4.26. The zero-order chi connectivity index (χ0) is 14.8. The molecule has 20 heavy (non-hydrogen) atoms. The Bertz CT molecular complexity index is 385. The topological polar surface area (TPSA) is 59.5 Å². The van der Waals surface area contributed by atoms with E-state index in [9.17, 15) is 0 Å². The van der Waals surface area contributed by atoms with Crippen LogP contribution >= 0.6 is 11.6 Å². The highest BCUT2D eigenvalue weighted by Gasteiger charge is 2.13. The van der Waals surface area contributed by atoms with Crippen LogP contribution < -0.4 is 10.2 Å². The van der Waals surface area contributed by atoms with E-state index < -0.39 is 0 Å². The van der Waals surface area contributed by atoms with Gasteiger partial charge in [-0.3, -0.25) is 0 Å². The van der Waals surface area contributed by atoms with Gasteiger partial charge in [-0.1, -0.05) is 18.5 Å². The van der Waals surface area contributed by atoms with Crippen molar-refractivity contribution < 1.29 is 9.47 Å². The molecule has 0 aliphatic carbocycles. The van der Waals surface area contributed by atoms with Crippen molar-refractivity contribution in [3.63, 3.8) is 0 Å². The monoisotopic (exact) mass is 302 g/mol. The molecule has 6 nitrogen and oxygen atoms in total. The van der Waals surface area contributed by atoms with Gasteiger partial charge in [-0.05, 0) is 6.42 Å². The molecule has 0 aliphatic heterocycles. The molecule has 1 aromatic rings. The summed E-state index contributed by atoms with van der Waals surface area (Å²) >= 11 is 6.21. The number of aromatic nitrogens is 2. The van der Waals surface area contributed by atoms with Crippen LogP contribution in [0.15, 0.2) is 6.20 Å². The first-order valence-electron chi connectivity index (χ1n) is 6.72. The number of anilines is 2. The van der Waals surface area contributed by atoms with E-state index in [0.29, 0.717) is 43.1 Å². The molecule has 1 N–H and O–H groups in total. The predicted molar refractivity (Wildman–Crippen MR) is 81.8 cm³/mol. The third kappa shape index (κ3) is 5.48. The molecule has 0 aromatic carbocycles. The Kier molecular flexibility index (Phi) is 8.25. The minimum Gasteiger partial charge on any atom is -0.383 e. The van der Waals surface area contributed by atoms with E-state index >= 15 is 0 Å². The molecule has 7 heteroatoms. The summed E-state index contributed by atoms with van der Waals surface area (Å²) in [5.41, 5.74) is 0. The van der Waals surface area contributed by atoms with E-state index in [4.69, 9.17) is 21.1 Å². The van der Waals surface area contributed by atoms with E-state index in [2.05, 4.69) is 22.2 Å². The van der Waals surface area contributed by atoms with Gasteiger partial charge >= 0.3 is 0 Å². The van der Waals surface area contributed by atoms with Crippen LogP contribution in [0.5, 0.6) is 0 Å². The first-order chi connectivity index (χ1) is 9.72. The fourth-order valence-electron chi connectivity index (χ4n) is 1.63. The molecule has 0 aliphatic rings. The van der Waals surface area contributed by atoms with Crippen molar-refractivity contribution in [3.05, 3.63) is 11.2 Å². The van der Waals surface area contributed by atoms with Gasteiger partial charge in [-0.25, -0.2) is 4.98 Å². The Hall–Kier alpha value is -1.11. The van der Waals surface area contributed by atoms with Crippen LogP contribution in [0, 0.1) is 0 Å². The Balaban J connectivity index is 2.85. The first-order valence-corrected chi connectivity index (χ1v) is 7.10. The number of rotatable bonds is 10. The SMILES string of the molecule is CCCNc1ncc(Cl)c(N(CCOC)CCOC)n1. The molecule has 0 unspecified atom stereocenters. The molecule has 0 bridgehead atoms. The summed E-state index contributed by atoms with van der Waals surface area (Å²) in [5.74, 6) is 1.29. The lowest BCUT2D eigenvalue weighted by molar-refractivity contribution is 0.190. The van der Waals surface area contributed by atoms with Crippen LogP contribution in [-0.4, -0.2) is 57.0 Å². The highest BCUT2D eigenvalue weighted by Crippen LogP contribution is 2.23. The molecule has 0 saturated heterocycles. The predicted octanol–water partition coefficient (Wildman–Crippen LogP) is 2.05. The summed E-state index contributed by atoms with van der Waals surface area (Å²) < 4.78 is 10.2. The van der Waals surface area contributed by atoms with Gasteiger partial charge < -0.3 is 19.7 Å². The molecule has 0 saturated carbocycles. The Morgan fingerprint density at radius 1 is 1.25 bits per heavy atom. The maximum absolute atomic E-state index is 6.21. The number of hydrogen-bond donors (Lipinski definition) is 1. The van der Waals surface area contributed by atoms with Gasteiger partial charge in [0, 0.05) is 33.9 Å². The van der Waals surface area contributed by atoms with Gasteiger partial charge in [-0.2, -0.15) is 4.98 Å². The molecular weight excluding hydrogens is 280 g/mol. The van der Waals surface area contributed by atoms with E-state index in [0.717, 1.165) is 13.0 Å². The lowest BCUT2D eigenvalue weighted by Gasteiger charge is -2.24. The van der Waals surface area contributed by atoms with Crippen LogP contribution in [0.2, 0.25) is 5.02 Å². The van der Waals surface area contributed by atoms with Crippen LogP contribution in [0.1, 0.15) is 13.3 Å². The second-order valence-corrected chi connectivity index (χ2v) is 4.67. The van der Waals surface area contributed by atoms with Crippen molar-refractivity contribution in [1.82, 2.24) is 9.97 Å². The van der Waals surface area contributed by atoms with E-state index in [1.165, 1.54) is 0 Å². The lowest BCUT2D eigenvalue weighted by Crippen LogP contribution is -2.32. The zero-order valence-electron chi connectivity index (χ0n) is 12.4. The quantitative estimate of drug-likeness (QED) is 0.714.